The van der Waals surface area contributed by atoms with Crippen LogP contribution in [-0.4, -0.2) is 45.3 Å². The van der Waals surface area contributed by atoms with Gasteiger partial charge in [-0.3, -0.25) is 9.36 Å². The van der Waals surface area contributed by atoms with E-state index >= 15 is 0 Å². The Morgan fingerprint density at radius 2 is 2.00 bits per heavy atom. The van der Waals surface area contributed by atoms with Crippen LogP contribution in [0.1, 0.15) is 10.5 Å². The molecule has 0 saturated carbocycles. The summed E-state index contributed by atoms with van der Waals surface area (Å²) in [5.74, 6) is -0.225. The van der Waals surface area contributed by atoms with Gasteiger partial charge in [-0.1, -0.05) is 12.1 Å². The third-order valence-corrected chi connectivity index (χ3v) is 4.23. The summed E-state index contributed by atoms with van der Waals surface area (Å²) in [6, 6.07) is 7.17. The van der Waals surface area contributed by atoms with Crippen LogP contribution in [0.25, 0.3) is 16.2 Å². The number of aldehydes is 1. The van der Waals surface area contributed by atoms with Crippen molar-refractivity contribution in [3.63, 3.8) is 0 Å². The second kappa shape index (κ2) is 5.81. The molecule has 0 aliphatic rings. The van der Waals surface area contributed by atoms with Crippen molar-refractivity contribution in [3.05, 3.63) is 45.8 Å². The Labute approximate surface area is 135 Å². The van der Waals surface area contributed by atoms with Crippen LogP contribution in [0.2, 0.25) is 0 Å². The maximum atomic E-state index is 12.6. The highest BCUT2D eigenvalue weighted by Gasteiger charge is 2.19. The van der Waals surface area contributed by atoms with Crippen LogP contribution < -0.4 is 5.69 Å². The van der Waals surface area contributed by atoms with Crippen molar-refractivity contribution in [1.29, 1.82) is 0 Å². The van der Waals surface area contributed by atoms with Gasteiger partial charge in [-0.25, -0.2) is 14.3 Å². The summed E-state index contributed by atoms with van der Waals surface area (Å²) in [5, 5.41) is 2.02. The zero-order chi connectivity index (χ0) is 16.6. The van der Waals surface area contributed by atoms with Gasteiger partial charge in [0.15, 0.2) is 5.13 Å². The van der Waals surface area contributed by atoms with Crippen LogP contribution in [0.5, 0.6) is 0 Å². The van der Waals surface area contributed by atoms with Gasteiger partial charge < -0.3 is 9.69 Å². The van der Waals surface area contributed by atoms with E-state index in [2.05, 4.69) is 4.98 Å². The molecule has 8 heteroatoms. The van der Waals surface area contributed by atoms with E-state index in [9.17, 15) is 14.4 Å². The first-order chi connectivity index (χ1) is 11.0. The molecular weight excluding hydrogens is 316 g/mol. The molecule has 0 bridgehead atoms. The molecule has 1 aromatic carbocycles. The number of carbonyl (C=O) groups excluding carboxylic acids is 2. The second-order valence-electron chi connectivity index (χ2n) is 5.10. The number of aromatic nitrogens is 3. The first-order valence-electron chi connectivity index (χ1n) is 6.86. The number of rotatable bonds is 4. The van der Waals surface area contributed by atoms with Crippen molar-refractivity contribution in [3.8, 4) is 5.13 Å². The summed E-state index contributed by atoms with van der Waals surface area (Å²) >= 11 is 1.21. The smallest absolute Gasteiger partial charge is 0.335 e. The van der Waals surface area contributed by atoms with Crippen LogP contribution in [0.3, 0.4) is 0 Å². The fourth-order valence-electron chi connectivity index (χ4n) is 2.34. The summed E-state index contributed by atoms with van der Waals surface area (Å²) in [5.41, 5.74) is 1.24. The largest absolute Gasteiger partial charge is 0.343 e. The number of carbonyl (C=O) groups is 2. The van der Waals surface area contributed by atoms with Crippen molar-refractivity contribution in [2.45, 2.75) is 6.54 Å². The summed E-state index contributed by atoms with van der Waals surface area (Å²) in [4.78, 5) is 41.2. The Morgan fingerprint density at radius 3 is 2.65 bits per heavy atom. The van der Waals surface area contributed by atoms with E-state index in [0.717, 1.165) is 0 Å². The lowest BCUT2D eigenvalue weighted by molar-refractivity contribution is -0.108. The van der Waals surface area contributed by atoms with Crippen molar-refractivity contribution in [2.75, 3.05) is 14.1 Å². The van der Waals surface area contributed by atoms with Crippen LogP contribution in [0.4, 0.5) is 0 Å². The van der Waals surface area contributed by atoms with E-state index in [4.69, 9.17) is 0 Å². The van der Waals surface area contributed by atoms with Crippen molar-refractivity contribution < 1.29 is 9.59 Å². The minimum Gasteiger partial charge on any atom is -0.343 e. The number of amides is 1. The number of hydrogen-bond acceptors (Lipinski definition) is 5. The Morgan fingerprint density at radius 1 is 1.30 bits per heavy atom. The molecule has 0 fully saturated rings. The van der Waals surface area contributed by atoms with Crippen LogP contribution in [0, 0.1) is 0 Å². The van der Waals surface area contributed by atoms with Gasteiger partial charge in [-0.05, 0) is 12.1 Å². The van der Waals surface area contributed by atoms with E-state index in [1.807, 2.05) is 6.07 Å². The molecular formula is C15H14N4O3S. The Hall–Kier alpha value is -2.74. The first kappa shape index (κ1) is 15.2. The van der Waals surface area contributed by atoms with Gasteiger partial charge >= 0.3 is 5.69 Å². The molecule has 0 aliphatic heterocycles. The number of thiazole rings is 1. The normalized spacial score (nSPS) is 10.9. The Balaban J connectivity index is 2.21. The van der Waals surface area contributed by atoms with Gasteiger partial charge in [0.25, 0.3) is 5.91 Å². The molecule has 0 atom stereocenters. The molecule has 2 aromatic heterocycles. The number of para-hydroxylation sites is 2. The Bertz CT molecular complexity index is 951. The highest BCUT2D eigenvalue weighted by atomic mass is 32.1. The lowest BCUT2D eigenvalue weighted by Crippen LogP contribution is -2.24. The van der Waals surface area contributed by atoms with Gasteiger partial charge in [0.05, 0.1) is 17.6 Å². The quantitative estimate of drug-likeness (QED) is 0.672. The predicted octanol–water partition coefficient (Wildman–Crippen LogP) is 1.15. The van der Waals surface area contributed by atoms with E-state index in [-0.39, 0.29) is 23.8 Å². The average Bonchev–Trinajstić information content (AvgIpc) is 3.11. The fraction of sp³-hybridized carbons (Fsp3) is 0.200. The molecule has 0 unspecified atom stereocenters. The molecule has 118 valence electrons. The highest BCUT2D eigenvalue weighted by Crippen LogP contribution is 2.20. The summed E-state index contributed by atoms with van der Waals surface area (Å²) in [6.45, 7) is -0.0266. The van der Waals surface area contributed by atoms with Gasteiger partial charge in [0.2, 0.25) is 0 Å². The topological polar surface area (TPSA) is 77.2 Å². The number of benzene rings is 1. The third kappa shape index (κ3) is 2.46. The molecule has 0 radical (unpaired) electrons. The number of hydrogen-bond donors (Lipinski definition) is 0. The van der Waals surface area contributed by atoms with Crippen LogP contribution in [0.15, 0.2) is 34.4 Å². The number of fused-ring (bicyclic) bond motifs is 1. The number of nitrogens with zero attached hydrogens (tertiary/aromatic N) is 4. The van der Waals surface area contributed by atoms with Crippen LogP contribution in [-0.2, 0) is 11.3 Å². The third-order valence-electron chi connectivity index (χ3n) is 3.40. The maximum Gasteiger partial charge on any atom is 0.335 e. The summed E-state index contributed by atoms with van der Waals surface area (Å²) in [7, 11) is 3.28. The van der Waals surface area contributed by atoms with Crippen molar-refractivity contribution >= 4 is 34.6 Å². The van der Waals surface area contributed by atoms with Crippen molar-refractivity contribution in [2.24, 2.45) is 0 Å². The fourth-order valence-corrected chi connectivity index (χ4v) is 3.14. The van der Waals surface area contributed by atoms with E-state index in [1.54, 1.807) is 37.7 Å². The molecule has 0 aliphatic carbocycles. The summed E-state index contributed by atoms with van der Waals surface area (Å²) < 4.78 is 2.81. The highest BCUT2D eigenvalue weighted by molar-refractivity contribution is 7.12. The molecule has 1 amide bonds. The molecule has 2 heterocycles. The zero-order valence-corrected chi connectivity index (χ0v) is 13.4. The van der Waals surface area contributed by atoms with Crippen molar-refractivity contribution in [1.82, 2.24) is 19.0 Å². The molecule has 3 aromatic rings. The molecule has 7 nitrogen and oxygen atoms in total. The molecule has 0 saturated heterocycles. The molecule has 23 heavy (non-hydrogen) atoms. The average molecular weight is 330 g/mol. The lowest BCUT2D eigenvalue weighted by Gasteiger charge is -2.06. The lowest BCUT2D eigenvalue weighted by atomic mass is 10.3. The minimum atomic E-state index is -0.350. The number of imidazole rings is 1. The van der Waals surface area contributed by atoms with E-state index in [1.165, 1.54) is 25.4 Å². The molecule has 0 spiro atoms. The zero-order valence-electron chi connectivity index (χ0n) is 12.6. The summed E-state index contributed by atoms with van der Waals surface area (Å²) in [6.07, 6.45) is 0.682. The molecule has 3 rings (SSSR count). The monoisotopic (exact) mass is 330 g/mol. The minimum absolute atomic E-state index is 0.0266. The van der Waals surface area contributed by atoms with Gasteiger partial charge in [0, 0.05) is 19.5 Å². The predicted molar refractivity (Wildman–Crippen MR) is 87.3 cm³/mol. The van der Waals surface area contributed by atoms with Gasteiger partial charge in [-0.2, -0.15) is 0 Å². The standard InChI is InChI=1S/C15H14N4O3S/c1-17(2)13(21)10-9-23-14(16-10)19-12-6-4-3-5-11(12)18(7-8-20)15(19)22/h3-6,8-9H,7H2,1-2H3. The first-order valence-corrected chi connectivity index (χ1v) is 7.74. The van der Waals surface area contributed by atoms with Crippen LogP contribution >= 0.6 is 11.3 Å². The van der Waals surface area contributed by atoms with E-state index < -0.39 is 0 Å². The van der Waals surface area contributed by atoms with Gasteiger partial charge in [-0.15, -0.1) is 11.3 Å². The molecule has 0 N–H and O–H groups in total. The SMILES string of the molecule is CN(C)C(=O)c1csc(-n2c(=O)n(CC=O)c3ccccc32)n1. The maximum absolute atomic E-state index is 12.6. The second-order valence-corrected chi connectivity index (χ2v) is 5.94. The van der Waals surface area contributed by atoms with Gasteiger partial charge in [0.1, 0.15) is 12.0 Å². The Kier molecular flexibility index (Phi) is 3.83. The van der Waals surface area contributed by atoms with E-state index in [0.29, 0.717) is 22.5 Å².